The van der Waals surface area contributed by atoms with Gasteiger partial charge in [-0.2, -0.15) is 0 Å². The molecule has 2 N–H and O–H groups in total. The van der Waals surface area contributed by atoms with Gasteiger partial charge < -0.3 is 20.1 Å². The Balaban J connectivity index is 1.33. The number of carboxylic acids is 1. The Morgan fingerprint density at radius 2 is 1.68 bits per heavy atom. The zero-order valence-electron chi connectivity index (χ0n) is 19.5. The third-order valence-corrected chi connectivity index (χ3v) is 6.70. The number of carbonyl (C=O) groups is 3. The summed E-state index contributed by atoms with van der Waals surface area (Å²) in [5.41, 5.74) is 4.63. The quantitative estimate of drug-likeness (QED) is 0.514. The summed E-state index contributed by atoms with van der Waals surface area (Å²) in [6.45, 7) is 2.92. The monoisotopic (exact) mass is 464 g/mol. The van der Waals surface area contributed by atoms with Crippen molar-refractivity contribution < 1.29 is 24.2 Å². The minimum Gasteiger partial charge on any atom is -0.481 e. The molecule has 1 fully saturated rings. The first-order chi connectivity index (χ1) is 16.5. The second kappa shape index (κ2) is 10.7. The van der Waals surface area contributed by atoms with Gasteiger partial charge in [-0.25, -0.2) is 4.79 Å². The number of nitrogens with zero attached hydrogens (tertiary/aromatic N) is 1. The normalized spacial score (nSPS) is 15.2. The molecule has 0 heterocycles. The third kappa shape index (κ3) is 5.76. The number of fused-ring (bicyclic) bond motifs is 3. The summed E-state index contributed by atoms with van der Waals surface area (Å²) in [6.07, 6.45) is 2.24. The van der Waals surface area contributed by atoms with Gasteiger partial charge >= 0.3 is 12.1 Å². The summed E-state index contributed by atoms with van der Waals surface area (Å²) >= 11 is 0. The molecule has 180 valence electrons. The summed E-state index contributed by atoms with van der Waals surface area (Å²) in [6, 6.07) is 16.0. The van der Waals surface area contributed by atoms with Gasteiger partial charge in [-0.05, 0) is 47.4 Å². The molecule has 7 nitrogen and oxygen atoms in total. The molecule has 1 atom stereocenters. The lowest BCUT2D eigenvalue weighted by Crippen LogP contribution is -2.42. The number of rotatable bonds is 11. The Morgan fingerprint density at radius 3 is 2.24 bits per heavy atom. The molecule has 0 saturated heterocycles. The fourth-order valence-electron chi connectivity index (χ4n) is 4.60. The lowest BCUT2D eigenvalue weighted by atomic mass is 9.98. The molecule has 0 radical (unpaired) electrons. The fraction of sp³-hybridized carbons (Fsp3) is 0.444. The second-order valence-corrected chi connectivity index (χ2v) is 9.21. The van der Waals surface area contributed by atoms with E-state index in [-0.39, 0.29) is 43.9 Å². The van der Waals surface area contributed by atoms with Crippen LogP contribution < -0.4 is 5.32 Å². The summed E-state index contributed by atoms with van der Waals surface area (Å²) in [4.78, 5) is 38.1. The van der Waals surface area contributed by atoms with Gasteiger partial charge in [0, 0.05) is 31.5 Å². The van der Waals surface area contributed by atoms with Crippen molar-refractivity contribution in [2.75, 3.05) is 19.7 Å². The Hall–Kier alpha value is -3.35. The van der Waals surface area contributed by atoms with Gasteiger partial charge in [-0.3, -0.25) is 9.59 Å². The Morgan fingerprint density at radius 1 is 1.06 bits per heavy atom. The molecule has 2 aliphatic rings. The largest absolute Gasteiger partial charge is 0.481 e. The number of alkyl carbamates (subject to hydrolysis) is 1. The van der Waals surface area contributed by atoms with Crippen LogP contribution in [0.25, 0.3) is 11.1 Å². The third-order valence-electron chi connectivity index (χ3n) is 6.70. The van der Waals surface area contributed by atoms with Crippen molar-refractivity contribution in [3.63, 3.8) is 0 Å². The molecule has 2 aliphatic carbocycles. The molecule has 2 aromatic rings. The van der Waals surface area contributed by atoms with Crippen LogP contribution in [0, 0.1) is 5.92 Å². The van der Waals surface area contributed by atoms with Gasteiger partial charge in [0.1, 0.15) is 6.61 Å². The van der Waals surface area contributed by atoms with Crippen molar-refractivity contribution >= 4 is 18.0 Å². The van der Waals surface area contributed by atoms with E-state index in [4.69, 9.17) is 9.84 Å². The van der Waals surface area contributed by atoms with Crippen LogP contribution in [-0.2, 0) is 14.3 Å². The number of nitrogens with one attached hydrogen (secondary N) is 1. The number of benzene rings is 2. The van der Waals surface area contributed by atoms with Gasteiger partial charge in [0.05, 0.1) is 6.42 Å². The molecular formula is C27H32N2O5. The number of aliphatic carboxylic acids is 1. The van der Waals surface area contributed by atoms with Crippen molar-refractivity contribution in [1.29, 1.82) is 0 Å². The van der Waals surface area contributed by atoms with Crippen LogP contribution in [0.3, 0.4) is 0 Å². The molecule has 34 heavy (non-hydrogen) atoms. The zero-order chi connectivity index (χ0) is 24.1. The van der Waals surface area contributed by atoms with Crippen molar-refractivity contribution in [2.45, 2.75) is 51.0 Å². The van der Waals surface area contributed by atoms with Gasteiger partial charge in [0.2, 0.25) is 5.91 Å². The molecule has 4 rings (SSSR count). The smallest absolute Gasteiger partial charge is 0.407 e. The van der Waals surface area contributed by atoms with E-state index in [9.17, 15) is 14.4 Å². The van der Waals surface area contributed by atoms with E-state index in [1.54, 1.807) is 4.90 Å². The van der Waals surface area contributed by atoms with Crippen LogP contribution in [0.1, 0.15) is 56.1 Å². The maximum atomic E-state index is 12.9. The van der Waals surface area contributed by atoms with Gasteiger partial charge in [-0.15, -0.1) is 0 Å². The van der Waals surface area contributed by atoms with Crippen LogP contribution in [0.4, 0.5) is 4.79 Å². The molecule has 1 saturated carbocycles. The molecule has 2 amide bonds. The van der Waals surface area contributed by atoms with Crippen molar-refractivity contribution in [3.05, 3.63) is 59.7 Å². The number of hydrogen-bond acceptors (Lipinski definition) is 4. The van der Waals surface area contributed by atoms with Crippen molar-refractivity contribution in [2.24, 2.45) is 5.92 Å². The van der Waals surface area contributed by atoms with E-state index < -0.39 is 12.1 Å². The van der Waals surface area contributed by atoms with E-state index in [2.05, 4.69) is 29.6 Å². The fourth-order valence-corrected chi connectivity index (χ4v) is 4.60. The van der Waals surface area contributed by atoms with Crippen LogP contribution >= 0.6 is 0 Å². The lowest BCUT2D eigenvalue weighted by Gasteiger charge is -2.25. The average Bonchev–Trinajstić information content (AvgIpc) is 3.60. The highest BCUT2D eigenvalue weighted by Crippen LogP contribution is 2.44. The van der Waals surface area contributed by atoms with Gasteiger partial charge in [0.15, 0.2) is 0 Å². The van der Waals surface area contributed by atoms with Crippen molar-refractivity contribution in [1.82, 2.24) is 10.2 Å². The second-order valence-electron chi connectivity index (χ2n) is 9.21. The van der Waals surface area contributed by atoms with Crippen LogP contribution in [0.5, 0.6) is 0 Å². The molecule has 2 aromatic carbocycles. The predicted molar refractivity (Wildman–Crippen MR) is 128 cm³/mol. The van der Waals surface area contributed by atoms with Gasteiger partial charge in [-0.1, -0.05) is 55.5 Å². The summed E-state index contributed by atoms with van der Waals surface area (Å²) in [5, 5.41) is 11.8. The van der Waals surface area contributed by atoms with Crippen LogP contribution in [-0.4, -0.2) is 53.7 Å². The average molecular weight is 465 g/mol. The highest BCUT2D eigenvalue weighted by molar-refractivity contribution is 5.80. The molecule has 0 aromatic heterocycles. The Kier molecular flexibility index (Phi) is 7.50. The lowest BCUT2D eigenvalue weighted by molar-refractivity contribution is -0.138. The SMILES string of the molecule is CC[C@@H](CC(=O)N(CCC(=O)O)CC1CC1)NC(=O)OCC1c2ccccc2-c2ccccc21. The Labute approximate surface area is 200 Å². The predicted octanol–water partition coefficient (Wildman–Crippen LogP) is 4.41. The topological polar surface area (TPSA) is 95.9 Å². The molecular weight excluding hydrogens is 432 g/mol. The first-order valence-corrected chi connectivity index (χ1v) is 12.1. The maximum absolute atomic E-state index is 12.9. The van der Waals surface area contributed by atoms with E-state index in [0.717, 1.165) is 24.0 Å². The highest BCUT2D eigenvalue weighted by Gasteiger charge is 2.30. The number of ether oxygens (including phenoxy) is 1. The van der Waals surface area contributed by atoms with E-state index in [1.165, 1.54) is 11.1 Å². The molecule has 0 bridgehead atoms. The summed E-state index contributed by atoms with van der Waals surface area (Å²) in [5.74, 6) is -0.603. The molecule has 0 spiro atoms. The van der Waals surface area contributed by atoms with E-state index in [1.807, 2.05) is 31.2 Å². The first kappa shape index (κ1) is 23.8. The summed E-state index contributed by atoms with van der Waals surface area (Å²) in [7, 11) is 0. The minimum absolute atomic E-state index is 0.0232. The van der Waals surface area contributed by atoms with Crippen molar-refractivity contribution in [3.8, 4) is 11.1 Å². The highest BCUT2D eigenvalue weighted by atomic mass is 16.5. The zero-order valence-corrected chi connectivity index (χ0v) is 19.5. The molecule has 0 unspecified atom stereocenters. The number of carbonyl (C=O) groups excluding carboxylic acids is 2. The van der Waals surface area contributed by atoms with Gasteiger partial charge in [0.25, 0.3) is 0 Å². The number of amides is 2. The van der Waals surface area contributed by atoms with E-state index >= 15 is 0 Å². The molecule has 0 aliphatic heterocycles. The van der Waals surface area contributed by atoms with Crippen LogP contribution in [0.15, 0.2) is 48.5 Å². The standard InChI is InChI=1S/C27H32N2O5/c1-2-19(15-25(30)29(14-13-26(31)32)16-18-11-12-18)28-27(33)34-17-24-22-9-5-3-7-20(22)21-8-4-6-10-23(21)24/h3-10,18-19,24H,2,11-17H2,1H3,(H,28,33)(H,31,32)/t19-/m0/s1. The first-order valence-electron chi connectivity index (χ1n) is 12.1. The Bertz CT molecular complexity index is 1000. The summed E-state index contributed by atoms with van der Waals surface area (Å²) < 4.78 is 5.61. The number of hydrogen-bond donors (Lipinski definition) is 2. The minimum atomic E-state index is -0.919. The molecule has 7 heteroatoms. The van der Waals surface area contributed by atoms with E-state index in [0.29, 0.717) is 18.9 Å². The number of carboxylic acid groups (broad SMARTS) is 1. The van der Waals surface area contributed by atoms with Crippen LogP contribution in [0.2, 0.25) is 0 Å². The maximum Gasteiger partial charge on any atom is 0.407 e.